The van der Waals surface area contributed by atoms with Crippen molar-refractivity contribution < 1.29 is 13.9 Å². The van der Waals surface area contributed by atoms with Crippen LogP contribution in [-0.4, -0.2) is 105 Å². The Labute approximate surface area is 161 Å². The molecular weight excluding hydrogens is 347 g/mol. The lowest BCUT2D eigenvalue weighted by Gasteiger charge is -2.38. The van der Waals surface area contributed by atoms with E-state index < -0.39 is 6.04 Å². The second-order valence-electron chi connectivity index (χ2n) is 7.54. The van der Waals surface area contributed by atoms with Crippen molar-refractivity contribution in [2.24, 2.45) is 0 Å². The Kier molecular flexibility index (Phi) is 7.18. The molecule has 1 atom stereocenters. The third-order valence-electron chi connectivity index (χ3n) is 5.43. The second kappa shape index (κ2) is 9.59. The molecule has 2 heterocycles. The van der Waals surface area contributed by atoms with Gasteiger partial charge in [-0.25, -0.2) is 4.39 Å². The van der Waals surface area contributed by atoms with Crippen LogP contribution in [0.5, 0.6) is 0 Å². The Balaban J connectivity index is 1.52. The predicted octanol–water partition coefficient (Wildman–Crippen LogP) is 0.905. The number of carbonyl (C=O) groups excluding carboxylic acids is 1. The summed E-state index contributed by atoms with van der Waals surface area (Å²) in [5.41, 5.74) is 0.708. The molecule has 1 unspecified atom stereocenters. The summed E-state index contributed by atoms with van der Waals surface area (Å²) >= 11 is 0. The van der Waals surface area contributed by atoms with Crippen LogP contribution >= 0.6 is 0 Å². The van der Waals surface area contributed by atoms with Gasteiger partial charge in [0, 0.05) is 52.4 Å². The van der Waals surface area contributed by atoms with Gasteiger partial charge in [-0.15, -0.1) is 0 Å². The van der Waals surface area contributed by atoms with Crippen LogP contribution < -0.4 is 0 Å². The monoisotopic (exact) mass is 378 g/mol. The van der Waals surface area contributed by atoms with Crippen LogP contribution in [0.4, 0.5) is 4.39 Å². The van der Waals surface area contributed by atoms with Gasteiger partial charge in [0.1, 0.15) is 11.9 Å². The minimum Gasteiger partial charge on any atom is -0.379 e. The van der Waals surface area contributed by atoms with Crippen LogP contribution in [0.2, 0.25) is 0 Å². The molecular formula is C20H31FN4O2. The lowest BCUT2D eigenvalue weighted by Crippen LogP contribution is -2.53. The first-order chi connectivity index (χ1) is 13.0. The van der Waals surface area contributed by atoms with E-state index in [9.17, 15) is 9.18 Å². The standard InChI is InChI=1S/C20H31FN4O2/c1-22(2)19(17-4-3-5-18(21)16-17)20(26)25-10-8-23(9-11-25)6-7-24-12-14-27-15-13-24/h3-5,16,19H,6-15H2,1-2H3. The average molecular weight is 378 g/mol. The summed E-state index contributed by atoms with van der Waals surface area (Å²) in [5.74, 6) is -0.251. The van der Waals surface area contributed by atoms with Gasteiger partial charge < -0.3 is 9.64 Å². The maximum Gasteiger partial charge on any atom is 0.244 e. The molecule has 1 aromatic rings. The molecule has 0 radical (unpaired) electrons. The molecule has 1 amide bonds. The largest absolute Gasteiger partial charge is 0.379 e. The van der Waals surface area contributed by atoms with Crippen molar-refractivity contribution in [1.82, 2.24) is 19.6 Å². The van der Waals surface area contributed by atoms with Gasteiger partial charge >= 0.3 is 0 Å². The number of amides is 1. The van der Waals surface area contributed by atoms with Gasteiger partial charge in [-0.3, -0.25) is 19.5 Å². The number of morpholine rings is 1. The first-order valence-corrected chi connectivity index (χ1v) is 9.78. The van der Waals surface area contributed by atoms with Crippen molar-refractivity contribution in [3.8, 4) is 0 Å². The maximum atomic E-state index is 13.6. The second-order valence-corrected chi connectivity index (χ2v) is 7.54. The van der Waals surface area contributed by atoms with Gasteiger partial charge in [-0.2, -0.15) is 0 Å². The highest BCUT2D eigenvalue weighted by Crippen LogP contribution is 2.22. The molecule has 2 fully saturated rings. The van der Waals surface area contributed by atoms with E-state index in [0.29, 0.717) is 5.56 Å². The normalized spacial score (nSPS) is 20.8. The first-order valence-electron chi connectivity index (χ1n) is 9.78. The minimum atomic E-state index is -0.444. The topological polar surface area (TPSA) is 39.3 Å². The smallest absolute Gasteiger partial charge is 0.244 e. The number of benzene rings is 1. The molecule has 7 heteroatoms. The van der Waals surface area contributed by atoms with Crippen molar-refractivity contribution in [2.75, 3.05) is 79.7 Å². The van der Waals surface area contributed by atoms with Gasteiger partial charge in [0.25, 0.3) is 0 Å². The summed E-state index contributed by atoms with van der Waals surface area (Å²) in [7, 11) is 3.73. The van der Waals surface area contributed by atoms with Gasteiger partial charge in [0.05, 0.1) is 13.2 Å². The maximum absolute atomic E-state index is 13.6. The van der Waals surface area contributed by atoms with Gasteiger partial charge in [-0.1, -0.05) is 12.1 Å². The number of ether oxygens (including phenoxy) is 1. The molecule has 6 nitrogen and oxygen atoms in total. The van der Waals surface area contributed by atoms with Crippen LogP contribution in [-0.2, 0) is 9.53 Å². The van der Waals surface area contributed by atoms with Crippen LogP contribution in [0, 0.1) is 5.82 Å². The third kappa shape index (κ3) is 5.48. The number of halogens is 1. The SMILES string of the molecule is CN(C)C(C(=O)N1CCN(CCN2CCOCC2)CC1)c1cccc(F)c1. The van der Waals surface area contributed by atoms with Crippen LogP contribution in [0.25, 0.3) is 0 Å². The molecule has 2 aliphatic rings. The van der Waals surface area contributed by atoms with E-state index in [4.69, 9.17) is 4.74 Å². The highest BCUT2D eigenvalue weighted by molar-refractivity contribution is 5.83. The molecule has 2 aliphatic heterocycles. The van der Waals surface area contributed by atoms with Crippen LogP contribution in [0.15, 0.2) is 24.3 Å². The zero-order valence-electron chi connectivity index (χ0n) is 16.4. The summed E-state index contributed by atoms with van der Waals surface area (Å²) in [6, 6.07) is 5.91. The lowest BCUT2D eigenvalue weighted by molar-refractivity contribution is -0.138. The lowest BCUT2D eigenvalue weighted by atomic mass is 10.0. The molecule has 150 valence electrons. The molecule has 1 aromatic carbocycles. The highest BCUT2D eigenvalue weighted by Gasteiger charge is 2.30. The van der Waals surface area contributed by atoms with E-state index in [2.05, 4.69) is 9.80 Å². The number of hydrogen-bond donors (Lipinski definition) is 0. The molecule has 27 heavy (non-hydrogen) atoms. The molecule has 0 N–H and O–H groups in total. The van der Waals surface area contributed by atoms with Gasteiger partial charge in [0.15, 0.2) is 0 Å². The fourth-order valence-electron chi connectivity index (χ4n) is 3.81. The fraction of sp³-hybridized carbons (Fsp3) is 0.650. The number of carbonyl (C=O) groups is 1. The van der Waals surface area contributed by atoms with Gasteiger partial charge in [0.2, 0.25) is 5.91 Å². The summed E-state index contributed by atoms with van der Waals surface area (Å²) in [4.78, 5) is 21.7. The van der Waals surface area contributed by atoms with Crippen molar-refractivity contribution in [1.29, 1.82) is 0 Å². The van der Waals surface area contributed by atoms with E-state index >= 15 is 0 Å². The molecule has 0 saturated carbocycles. The Bertz CT molecular complexity index is 614. The zero-order valence-corrected chi connectivity index (χ0v) is 16.4. The van der Waals surface area contributed by atoms with E-state index in [1.54, 1.807) is 6.07 Å². The van der Waals surface area contributed by atoms with Crippen molar-refractivity contribution >= 4 is 5.91 Å². The zero-order chi connectivity index (χ0) is 19.2. The fourth-order valence-corrected chi connectivity index (χ4v) is 3.81. The number of nitrogens with zero attached hydrogens (tertiary/aromatic N) is 4. The molecule has 0 bridgehead atoms. The highest BCUT2D eigenvalue weighted by atomic mass is 19.1. The van der Waals surface area contributed by atoms with E-state index in [-0.39, 0.29) is 11.7 Å². The molecule has 2 saturated heterocycles. The third-order valence-corrected chi connectivity index (χ3v) is 5.43. The quantitative estimate of drug-likeness (QED) is 0.736. The summed E-state index contributed by atoms with van der Waals surface area (Å²) in [6.07, 6.45) is 0. The Morgan fingerprint density at radius 1 is 1.07 bits per heavy atom. The van der Waals surface area contributed by atoms with E-state index in [1.807, 2.05) is 30.0 Å². The Morgan fingerprint density at radius 2 is 1.70 bits per heavy atom. The summed E-state index contributed by atoms with van der Waals surface area (Å²) < 4.78 is 19.0. The van der Waals surface area contributed by atoms with E-state index in [1.165, 1.54) is 12.1 Å². The summed E-state index contributed by atoms with van der Waals surface area (Å²) in [5, 5.41) is 0. The van der Waals surface area contributed by atoms with E-state index in [0.717, 1.165) is 65.6 Å². The molecule has 3 rings (SSSR count). The Morgan fingerprint density at radius 3 is 2.30 bits per heavy atom. The molecule has 0 spiro atoms. The number of piperazine rings is 1. The minimum absolute atomic E-state index is 0.0541. The summed E-state index contributed by atoms with van der Waals surface area (Å²) in [6.45, 7) is 8.99. The number of likely N-dealkylation sites (N-methyl/N-ethyl adjacent to an activating group) is 1. The van der Waals surface area contributed by atoms with Crippen LogP contribution in [0.1, 0.15) is 11.6 Å². The Hall–Kier alpha value is -1.54. The van der Waals surface area contributed by atoms with Crippen molar-refractivity contribution in [3.63, 3.8) is 0 Å². The molecule has 0 aromatic heterocycles. The predicted molar refractivity (Wildman–Crippen MR) is 103 cm³/mol. The van der Waals surface area contributed by atoms with Crippen molar-refractivity contribution in [2.45, 2.75) is 6.04 Å². The number of rotatable bonds is 6. The first kappa shape index (κ1) is 20.2. The average Bonchev–Trinajstić information content (AvgIpc) is 2.67. The number of hydrogen-bond acceptors (Lipinski definition) is 5. The van der Waals surface area contributed by atoms with Crippen LogP contribution in [0.3, 0.4) is 0 Å². The van der Waals surface area contributed by atoms with Crippen molar-refractivity contribution in [3.05, 3.63) is 35.6 Å². The molecule has 0 aliphatic carbocycles. The van der Waals surface area contributed by atoms with Gasteiger partial charge in [-0.05, 0) is 31.8 Å².